The van der Waals surface area contributed by atoms with Gasteiger partial charge in [-0.25, -0.2) is 0 Å². The van der Waals surface area contributed by atoms with Crippen LogP contribution in [-0.4, -0.2) is 30.6 Å². The molecule has 2 atom stereocenters. The van der Waals surface area contributed by atoms with Gasteiger partial charge < -0.3 is 14.8 Å². The highest BCUT2D eigenvalue weighted by molar-refractivity contribution is 5.83. The van der Waals surface area contributed by atoms with Crippen molar-refractivity contribution < 1.29 is 14.3 Å². The van der Waals surface area contributed by atoms with E-state index in [9.17, 15) is 4.79 Å². The van der Waals surface area contributed by atoms with Crippen LogP contribution in [0.3, 0.4) is 0 Å². The molecular formula is C21H24N2O3. The molecule has 2 heterocycles. The van der Waals surface area contributed by atoms with Gasteiger partial charge in [-0.1, -0.05) is 26.0 Å². The zero-order valence-corrected chi connectivity index (χ0v) is 15.2. The number of fused-ring (bicyclic) bond motifs is 1. The number of ether oxygens (including phenoxy) is 2. The van der Waals surface area contributed by atoms with Crippen LogP contribution >= 0.6 is 0 Å². The highest BCUT2D eigenvalue weighted by Gasteiger charge is 2.44. The number of aromatic nitrogens is 1. The molecule has 1 N–H and O–H groups in total. The lowest BCUT2D eigenvalue weighted by molar-refractivity contribution is -0.122. The van der Waals surface area contributed by atoms with Gasteiger partial charge in [0.05, 0.1) is 0 Å². The first-order valence-electron chi connectivity index (χ1n) is 9.12. The minimum atomic E-state index is -0.190. The minimum Gasteiger partial charge on any atom is -0.486 e. The summed E-state index contributed by atoms with van der Waals surface area (Å²) >= 11 is 0. The smallest absolute Gasteiger partial charge is 0.223 e. The van der Waals surface area contributed by atoms with Gasteiger partial charge in [0.15, 0.2) is 11.5 Å². The SMILES string of the molecule is CC(C)(CNC(=O)C1CC1c1cccnc1)c1ccc2c(c1)OCCO2. The van der Waals surface area contributed by atoms with Crippen molar-refractivity contribution >= 4 is 5.91 Å². The molecule has 0 spiro atoms. The zero-order valence-electron chi connectivity index (χ0n) is 15.2. The fraction of sp³-hybridized carbons (Fsp3) is 0.429. The predicted molar refractivity (Wildman–Crippen MR) is 98.6 cm³/mol. The third-order valence-corrected chi connectivity index (χ3v) is 5.27. The van der Waals surface area contributed by atoms with Gasteiger partial charge in [-0.3, -0.25) is 9.78 Å². The van der Waals surface area contributed by atoms with Crippen LogP contribution in [0.1, 0.15) is 37.3 Å². The molecule has 1 fully saturated rings. The molecule has 0 radical (unpaired) electrons. The van der Waals surface area contributed by atoms with Gasteiger partial charge in [0.1, 0.15) is 13.2 Å². The number of amides is 1. The molecule has 1 saturated carbocycles. The molecule has 1 aliphatic heterocycles. The summed E-state index contributed by atoms with van der Waals surface area (Å²) in [7, 11) is 0. The van der Waals surface area contributed by atoms with Gasteiger partial charge in [-0.15, -0.1) is 0 Å². The van der Waals surface area contributed by atoms with Crippen molar-refractivity contribution in [1.82, 2.24) is 10.3 Å². The number of hydrogen-bond donors (Lipinski definition) is 1. The summed E-state index contributed by atoms with van der Waals surface area (Å²) in [5, 5.41) is 3.13. The van der Waals surface area contributed by atoms with E-state index in [2.05, 4.69) is 30.2 Å². The Morgan fingerprint density at radius 1 is 1.23 bits per heavy atom. The molecule has 1 aliphatic carbocycles. The molecule has 0 bridgehead atoms. The Kier molecular flexibility index (Phi) is 4.31. The molecule has 2 aromatic rings. The van der Waals surface area contributed by atoms with E-state index in [-0.39, 0.29) is 17.2 Å². The van der Waals surface area contributed by atoms with Crippen molar-refractivity contribution in [2.45, 2.75) is 31.6 Å². The molecule has 0 saturated heterocycles. The van der Waals surface area contributed by atoms with Crippen molar-refractivity contribution in [1.29, 1.82) is 0 Å². The second-order valence-corrected chi connectivity index (χ2v) is 7.70. The van der Waals surface area contributed by atoms with Crippen LogP contribution in [0.25, 0.3) is 0 Å². The molecule has 1 aromatic heterocycles. The van der Waals surface area contributed by atoms with Crippen molar-refractivity contribution in [3.05, 3.63) is 53.9 Å². The lowest BCUT2D eigenvalue weighted by atomic mass is 9.84. The van der Waals surface area contributed by atoms with Crippen molar-refractivity contribution in [2.24, 2.45) is 5.92 Å². The summed E-state index contributed by atoms with van der Waals surface area (Å²) in [5.41, 5.74) is 2.09. The summed E-state index contributed by atoms with van der Waals surface area (Å²) in [4.78, 5) is 16.7. The molecule has 2 aliphatic rings. The largest absolute Gasteiger partial charge is 0.486 e. The summed E-state index contributed by atoms with van der Waals surface area (Å²) in [5.74, 6) is 2.07. The standard InChI is InChI=1S/C21H24N2O3/c1-21(2,15-5-6-18-19(10-15)26-9-8-25-18)13-23-20(24)17-11-16(17)14-4-3-7-22-12-14/h3-7,10,12,16-17H,8-9,11,13H2,1-2H3,(H,23,24). The third-order valence-electron chi connectivity index (χ3n) is 5.27. The Balaban J connectivity index is 1.37. The van der Waals surface area contributed by atoms with E-state index in [4.69, 9.17) is 9.47 Å². The zero-order chi connectivity index (χ0) is 18.1. The van der Waals surface area contributed by atoms with E-state index in [1.54, 1.807) is 6.20 Å². The number of nitrogens with one attached hydrogen (secondary N) is 1. The molecule has 5 heteroatoms. The van der Waals surface area contributed by atoms with Gasteiger partial charge in [-0.2, -0.15) is 0 Å². The van der Waals surface area contributed by atoms with E-state index >= 15 is 0 Å². The van der Waals surface area contributed by atoms with Crippen LogP contribution < -0.4 is 14.8 Å². The molecule has 136 valence electrons. The average Bonchev–Trinajstić information content (AvgIpc) is 3.47. The maximum absolute atomic E-state index is 12.5. The van der Waals surface area contributed by atoms with Gasteiger partial charge in [-0.05, 0) is 41.7 Å². The quantitative estimate of drug-likeness (QED) is 0.898. The first-order chi connectivity index (χ1) is 12.5. The van der Waals surface area contributed by atoms with E-state index in [0.29, 0.717) is 25.7 Å². The number of hydrogen-bond acceptors (Lipinski definition) is 4. The Morgan fingerprint density at radius 2 is 2.04 bits per heavy atom. The molecule has 2 unspecified atom stereocenters. The van der Waals surface area contributed by atoms with E-state index in [0.717, 1.165) is 29.0 Å². The van der Waals surface area contributed by atoms with E-state index in [1.807, 2.05) is 30.5 Å². The fourth-order valence-corrected chi connectivity index (χ4v) is 3.45. The van der Waals surface area contributed by atoms with Crippen LogP contribution in [0.4, 0.5) is 0 Å². The number of pyridine rings is 1. The summed E-state index contributed by atoms with van der Waals surface area (Å²) in [6.07, 6.45) is 4.52. The van der Waals surface area contributed by atoms with Gasteiger partial charge in [0.25, 0.3) is 0 Å². The van der Waals surface area contributed by atoms with Crippen molar-refractivity contribution in [2.75, 3.05) is 19.8 Å². The fourth-order valence-electron chi connectivity index (χ4n) is 3.45. The highest BCUT2D eigenvalue weighted by Crippen LogP contribution is 2.47. The molecule has 26 heavy (non-hydrogen) atoms. The number of benzene rings is 1. The van der Waals surface area contributed by atoms with Crippen LogP contribution in [0.15, 0.2) is 42.7 Å². The van der Waals surface area contributed by atoms with Crippen LogP contribution in [0.2, 0.25) is 0 Å². The second-order valence-electron chi connectivity index (χ2n) is 7.70. The number of carbonyl (C=O) groups excluding carboxylic acids is 1. The van der Waals surface area contributed by atoms with E-state index in [1.165, 1.54) is 0 Å². The second kappa shape index (κ2) is 6.63. The monoisotopic (exact) mass is 352 g/mol. The van der Waals surface area contributed by atoms with Crippen LogP contribution in [0, 0.1) is 5.92 Å². The Hall–Kier alpha value is -2.56. The molecule has 5 nitrogen and oxygen atoms in total. The Labute approximate surface area is 153 Å². The maximum Gasteiger partial charge on any atom is 0.223 e. The van der Waals surface area contributed by atoms with Crippen LogP contribution in [0.5, 0.6) is 11.5 Å². The topological polar surface area (TPSA) is 60.5 Å². The van der Waals surface area contributed by atoms with Crippen molar-refractivity contribution in [3.63, 3.8) is 0 Å². The molecular weight excluding hydrogens is 328 g/mol. The molecule has 1 aromatic carbocycles. The summed E-state index contributed by atoms with van der Waals surface area (Å²) < 4.78 is 11.3. The summed E-state index contributed by atoms with van der Waals surface area (Å²) in [6, 6.07) is 10.00. The van der Waals surface area contributed by atoms with Gasteiger partial charge in [0, 0.05) is 30.3 Å². The van der Waals surface area contributed by atoms with Crippen molar-refractivity contribution in [3.8, 4) is 11.5 Å². The van der Waals surface area contributed by atoms with Gasteiger partial charge >= 0.3 is 0 Å². The number of carbonyl (C=O) groups is 1. The Morgan fingerprint density at radius 3 is 2.81 bits per heavy atom. The normalized spacial score (nSPS) is 21.2. The van der Waals surface area contributed by atoms with E-state index < -0.39 is 0 Å². The number of nitrogens with zero attached hydrogens (tertiary/aromatic N) is 1. The first kappa shape index (κ1) is 16.9. The summed E-state index contributed by atoms with van der Waals surface area (Å²) in [6.45, 7) is 6.01. The Bertz CT molecular complexity index is 804. The predicted octanol–water partition coefficient (Wildman–Crippen LogP) is 3.05. The minimum absolute atomic E-state index is 0.0651. The highest BCUT2D eigenvalue weighted by atomic mass is 16.6. The lowest BCUT2D eigenvalue weighted by Gasteiger charge is -2.28. The first-order valence-corrected chi connectivity index (χ1v) is 9.12. The lowest BCUT2D eigenvalue weighted by Crippen LogP contribution is -2.37. The third kappa shape index (κ3) is 3.39. The number of rotatable bonds is 5. The molecule has 1 amide bonds. The maximum atomic E-state index is 12.5. The van der Waals surface area contributed by atoms with Crippen LogP contribution in [-0.2, 0) is 10.2 Å². The average molecular weight is 352 g/mol. The van der Waals surface area contributed by atoms with Gasteiger partial charge in [0.2, 0.25) is 5.91 Å². The molecule has 4 rings (SSSR count).